The van der Waals surface area contributed by atoms with E-state index in [0.717, 1.165) is 9.79 Å². The van der Waals surface area contributed by atoms with Crippen molar-refractivity contribution in [1.29, 1.82) is 0 Å². The fraction of sp³-hybridized carbons (Fsp3) is 0.143. The van der Waals surface area contributed by atoms with Gasteiger partial charge in [-0.25, -0.2) is 9.78 Å². The van der Waals surface area contributed by atoms with E-state index in [-0.39, 0.29) is 11.5 Å². The van der Waals surface area contributed by atoms with E-state index in [1.165, 1.54) is 24.0 Å². The number of rotatable bonds is 5. The Hall–Kier alpha value is -2.21. The number of carboxylic acids is 1. The summed E-state index contributed by atoms with van der Waals surface area (Å²) in [5, 5.41) is 8.88. The molecule has 0 saturated heterocycles. The van der Waals surface area contributed by atoms with Crippen molar-refractivity contribution < 1.29 is 14.7 Å². The molecule has 2 aromatic heterocycles. The average molecular weight is 288 g/mol. The number of ketones is 1. The van der Waals surface area contributed by atoms with Gasteiger partial charge in [-0.2, -0.15) is 0 Å². The van der Waals surface area contributed by atoms with Crippen LogP contribution in [-0.2, 0) is 0 Å². The summed E-state index contributed by atoms with van der Waals surface area (Å²) in [5.74, 6) is -1.06. The van der Waals surface area contributed by atoms with Crippen LogP contribution in [0, 0.1) is 0 Å². The van der Waals surface area contributed by atoms with Crippen molar-refractivity contribution in [3.05, 3.63) is 48.0 Å². The summed E-state index contributed by atoms with van der Waals surface area (Å²) in [7, 11) is 0. The molecule has 2 heterocycles. The monoisotopic (exact) mass is 288 g/mol. The van der Waals surface area contributed by atoms with E-state index in [1.54, 1.807) is 31.3 Å². The van der Waals surface area contributed by atoms with Crippen LogP contribution in [0.5, 0.6) is 0 Å². The van der Waals surface area contributed by atoms with Crippen LogP contribution in [0.4, 0.5) is 0 Å². The maximum Gasteiger partial charge on any atom is 0.354 e. The number of carbonyl (C=O) groups is 2. The molecule has 0 bridgehead atoms. The van der Waals surface area contributed by atoms with Crippen LogP contribution in [0.2, 0.25) is 0 Å². The normalized spacial score (nSPS) is 10.2. The molecule has 2 aromatic rings. The molecule has 5 nitrogen and oxygen atoms in total. The Morgan fingerprint density at radius 1 is 1.15 bits per heavy atom. The quantitative estimate of drug-likeness (QED) is 0.852. The van der Waals surface area contributed by atoms with Gasteiger partial charge in [-0.1, -0.05) is 18.7 Å². The predicted octanol–water partition coefficient (Wildman–Crippen LogP) is 2.92. The lowest BCUT2D eigenvalue weighted by Gasteiger charge is -2.03. The van der Waals surface area contributed by atoms with Gasteiger partial charge in [0.15, 0.2) is 5.78 Å². The van der Waals surface area contributed by atoms with Gasteiger partial charge in [0.05, 0.1) is 0 Å². The van der Waals surface area contributed by atoms with Crippen molar-refractivity contribution in [3.8, 4) is 0 Å². The van der Waals surface area contributed by atoms with E-state index in [2.05, 4.69) is 9.97 Å². The highest BCUT2D eigenvalue weighted by molar-refractivity contribution is 7.99. The molecular formula is C14H12N2O3S. The van der Waals surface area contributed by atoms with Gasteiger partial charge in [-0.05, 0) is 24.3 Å². The smallest absolute Gasteiger partial charge is 0.354 e. The van der Waals surface area contributed by atoms with E-state index in [4.69, 9.17) is 5.11 Å². The van der Waals surface area contributed by atoms with E-state index in [9.17, 15) is 9.59 Å². The molecule has 0 fully saturated rings. The fourth-order valence-corrected chi connectivity index (χ4v) is 2.33. The summed E-state index contributed by atoms with van der Waals surface area (Å²) in [6.45, 7) is 1.79. The first-order valence-electron chi connectivity index (χ1n) is 5.96. The number of carbonyl (C=O) groups excluding carboxylic acids is 1. The van der Waals surface area contributed by atoms with Crippen LogP contribution in [0.3, 0.4) is 0 Å². The van der Waals surface area contributed by atoms with E-state index < -0.39 is 5.97 Å². The molecule has 1 N–H and O–H groups in total. The number of pyridine rings is 2. The van der Waals surface area contributed by atoms with Crippen molar-refractivity contribution in [3.63, 3.8) is 0 Å². The van der Waals surface area contributed by atoms with Gasteiger partial charge in [0, 0.05) is 28.6 Å². The lowest BCUT2D eigenvalue weighted by molar-refractivity contribution is 0.0690. The lowest BCUT2D eigenvalue weighted by Crippen LogP contribution is -2.00. The minimum absolute atomic E-state index is 0.000685. The van der Waals surface area contributed by atoms with Crippen LogP contribution in [0.25, 0.3) is 0 Å². The SMILES string of the molecule is CCC(=O)c1ccc(Sc2ccnc(C(=O)O)c2)cn1. The molecule has 0 spiro atoms. The third-order valence-corrected chi connectivity index (χ3v) is 3.50. The van der Waals surface area contributed by atoms with Crippen LogP contribution < -0.4 is 0 Å². The summed E-state index contributed by atoms with van der Waals surface area (Å²) < 4.78 is 0. The number of hydrogen-bond donors (Lipinski definition) is 1. The Labute approximate surface area is 120 Å². The standard InChI is InChI=1S/C14H12N2O3S/c1-2-13(17)11-4-3-10(8-16-11)20-9-5-6-15-12(7-9)14(18)19/h3-8H,2H2,1H3,(H,18,19). The summed E-state index contributed by atoms with van der Waals surface area (Å²) in [6.07, 6.45) is 3.48. The molecule has 0 unspecified atom stereocenters. The largest absolute Gasteiger partial charge is 0.477 e. The summed E-state index contributed by atoms with van der Waals surface area (Å²) in [6, 6.07) is 6.69. The van der Waals surface area contributed by atoms with Gasteiger partial charge in [-0.15, -0.1) is 0 Å². The Balaban J connectivity index is 2.16. The molecule has 0 aliphatic rings. The molecule has 0 aliphatic heterocycles. The number of aromatic carboxylic acids is 1. The maximum absolute atomic E-state index is 11.5. The minimum atomic E-state index is -1.06. The van der Waals surface area contributed by atoms with Crippen molar-refractivity contribution in [1.82, 2.24) is 9.97 Å². The molecule has 0 amide bonds. The predicted molar refractivity (Wildman–Crippen MR) is 74.2 cm³/mol. The van der Waals surface area contributed by atoms with Gasteiger partial charge >= 0.3 is 5.97 Å². The number of nitrogens with zero attached hydrogens (tertiary/aromatic N) is 2. The van der Waals surface area contributed by atoms with E-state index in [1.807, 2.05) is 0 Å². The highest BCUT2D eigenvalue weighted by atomic mass is 32.2. The number of aromatic nitrogens is 2. The molecular weight excluding hydrogens is 276 g/mol. The second kappa shape index (κ2) is 6.29. The van der Waals surface area contributed by atoms with Crippen LogP contribution in [0.15, 0.2) is 46.5 Å². The fourth-order valence-electron chi connectivity index (χ4n) is 1.51. The number of Topliss-reactive ketones (excluding diaryl/α,β-unsaturated/α-hetero) is 1. The summed E-state index contributed by atoms with van der Waals surface area (Å²) >= 11 is 1.37. The molecule has 0 saturated carbocycles. The lowest BCUT2D eigenvalue weighted by atomic mass is 10.2. The van der Waals surface area contributed by atoms with Gasteiger partial charge in [0.2, 0.25) is 0 Å². The van der Waals surface area contributed by atoms with Crippen LogP contribution in [-0.4, -0.2) is 26.8 Å². The van der Waals surface area contributed by atoms with Gasteiger partial charge in [-0.3, -0.25) is 9.78 Å². The van der Waals surface area contributed by atoms with Crippen molar-refractivity contribution in [2.75, 3.05) is 0 Å². The Morgan fingerprint density at radius 2 is 1.95 bits per heavy atom. The second-order valence-electron chi connectivity index (χ2n) is 3.94. The zero-order valence-electron chi connectivity index (χ0n) is 10.7. The average Bonchev–Trinajstić information content (AvgIpc) is 2.47. The molecule has 0 atom stereocenters. The molecule has 0 aromatic carbocycles. The summed E-state index contributed by atoms with van der Waals surface area (Å²) in [4.78, 5) is 31.7. The highest BCUT2D eigenvalue weighted by Crippen LogP contribution is 2.27. The molecule has 0 radical (unpaired) electrons. The first kappa shape index (κ1) is 14.2. The van der Waals surface area contributed by atoms with Gasteiger partial charge in [0.1, 0.15) is 11.4 Å². The van der Waals surface area contributed by atoms with Crippen molar-refractivity contribution in [2.24, 2.45) is 0 Å². The third-order valence-electron chi connectivity index (χ3n) is 2.53. The van der Waals surface area contributed by atoms with Crippen LogP contribution >= 0.6 is 11.8 Å². The molecule has 102 valence electrons. The Kier molecular flexibility index (Phi) is 4.47. The van der Waals surface area contributed by atoms with E-state index >= 15 is 0 Å². The minimum Gasteiger partial charge on any atom is -0.477 e. The molecule has 0 aliphatic carbocycles. The maximum atomic E-state index is 11.5. The number of carboxylic acid groups (broad SMARTS) is 1. The second-order valence-corrected chi connectivity index (χ2v) is 5.09. The highest BCUT2D eigenvalue weighted by Gasteiger charge is 2.07. The van der Waals surface area contributed by atoms with Crippen molar-refractivity contribution in [2.45, 2.75) is 23.1 Å². The first-order valence-corrected chi connectivity index (χ1v) is 6.78. The Bertz CT molecular complexity index is 641. The molecule has 2 rings (SSSR count). The molecule has 20 heavy (non-hydrogen) atoms. The van der Waals surface area contributed by atoms with Gasteiger partial charge in [0.25, 0.3) is 0 Å². The third kappa shape index (κ3) is 3.42. The zero-order valence-corrected chi connectivity index (χ0v) is 11.6. The van der Waals surface area contributed by atoms with Crippen LogP contribution in [0.1, 0.15) is 34.3 Å². The first-order chi connectivity index (χ1) is 9.60. The number of hydrogen-bond acceptors (Lipinski definition) is 5. The zero-order chi connectivity index (χ0) is 14.5. The van der Waals surface area contributed by atoms with E-state index in [0.29, 0.717) is 12.1 Å². The summed E-state index contributed by atoms with van der Waals surface area (Å²) in [5.41, 5.74) is 0.443. The van der Waals surface area contributed by atoms with Crippen molar-refractivity contribution >= 4 is 23.5 Å². The molecule has 6 heteroatoms. The van der Waals surface area contributed by atoms with Gasteiger partial charge < -0.3 is 5.11 Å². The topological polar surface area (TPSA) is 80.2 Å². The Morgan fingerprint density at radius 3 is 2.55 bits per heavy atom.